The number of halogens is 2. The number of nitrogens with two attached hydrogens (primary N) is 1. The molecule has 1 atom stereocenters. The van der Waals surface area contributed by atoms with Crippen LogP contribution in [-0.4, -0.2) is 52.2 Å². The number of hydrogen-bond acceptors (Lipinski definition) is 6. The molecule has 1 fully saturated rings. The smallest absolute Gasteiger partial charge is 0.410 e. The Hall–Kier alpha value is -3.91. The van der Waals surface area contributed by atoms with E-state index in [9.17, 15) is 9.18 Å². The second kappa shape index (κ2) is 10.6. The molecule has 3 heterocycles. The summed E-state index contributed by atoms with van der Waals surface area (Å²) in [6, 6.07) is 16.0. The molecule has 2 N–H and O–H groups in total. The normalized spacial score (nSPS) is 15.9. The molecule has 4 aromatic rings. The number of ether oxygens (including phenoxy) is 1. The highest BCUT2D eigenvalue weighted by Crippen LogP contribution is 2.42. The van der Waals surface area contributed by atoms with Crippen LogP contribution in [0.4, 0.5) is 20.8 Å². The van der Waals surface area contributed by atoms with E-state index in [4.69, 9.17) is 32.0 Å². The van der Waals surface area contributed by atoms with Crippen LogP contribution in [0, 0.1) is 12.7 Å². The van der Waals surface area contributed by atoms with Gasteiger partial charge in [0.1, 0.15) is 23.1 Å². The number of pyridine rings is 2. The molecule has 1 aliphatic rings. The van der Waals surface area contributed by atoms with E-state index in [0.29, 0.717) is 64.0 Å². The molecule has 0 unspecified atom stereocenters. The van der Waals surface area contributed by atoms with Crippen LogP contribution in [0.25, 0.3) is 33.3 Å². The zero-order valence-corrected chi connectivity index (χ0v) is 24.1. The highest BCUT2D eigenvalue weighted by atomic mass is 35.5. The number of nitrogen functional groups attached to an aromatic ring is 1. The number of aryl methyl sites for hydroxylation is 1. The van der Waals surface area contributed by atoms with Gasteiger partial charge in [0.25, 0.3) is 0 Å². The van der Waals surface area contributed by atoms with Crippen molar-refractivity contribution in [2.75, 3.05) is 30.3 Å². The third kappa shape index (κ3) is 5.28. The zero-order valence-electron chi connectivity index (χ0n) is 23.3. The fourth-order valence-corrected chi connectivity index (χ4v) is 5.40. The Balaban J connectivity index is 1.66. The van der Waals surface area contributed by atoms with Gasteiger partial charge in [0, 0.05) is 36.6 Å². The standard InChI is InChI=1S/C31H33ClFN5O2/c1-18-10-6-7-11-20(18)25-27-22(16-23(32)26(35-27)21-12-8-9-13-24(21)33)29(36-28(25)34)38-15-14-37(17-19(38)2)30(39)40-31(3,4)5/h6-13,16,19H,14-15,17H2,1-5H3,(H2,34,36)/t19-/m0/s1. The molecule has 0 bridgehead atoms. The Bertz CT molecular complexity index is 1600. The number of anilines is 2. The number of rotatable bonds is 3. The van der Waals surface area contributed by atoms with Crippen LogP contribution in [0.1, 0.15) is 33.3 Å². The summed E-state index contributed by atoms with van der Waals surface area (Å²) >= 11 is 6.78. The first-order valence-electron chi connectivity index (χ1n) is 13.3. The van der Waals surface area contributed by atoms with E-state index in [1.165, 1.54) is 6.07 Å². The van der Waals surface area contributed by atoms with Gasteiger partial charge in [-0.3, -0.25) is 0 Å². The van der Waals surface area contributed by atoms with Gasteiger partial charge in [-0.25, -0.2) is 19.2 Å². The first kappa shape index (κ1) is 27.6. The Morgan fingerprint density at radius 3 is 2.40 bits per heavy atom. The van der Waals surface area contributed by atoms with Gasteiger partial charge in [0.15, 0.2) is 0 Å². The van der Waals surface area contributed by atoms with Gasteiger partial charge in [0.2, 0.25) is 0 Å². The molecule has 1 amide bonds. The van der Waals surface area contributed by atoms with Crippen LogP contribution in [-0.2, 0) is 4.74 Å². The number of aromatic nitrogens is 2. The number of nitrogens with zero attached hydrogens (tertiary/aromatic N) is 4. The molecule has 7 nitrogen and oxygen atoms in total. The second-order valence-electron chi connectivity index (χ2n) is 11.2. The molecule has 2 aromatic heterocycles. The van der Waals surface area contributed by atoms with Gasteiger partial charge >= 0.3 is 6.09 Å². The van der Waals surface area contributed by atoms with Crippen LogP contribution in [0.2, 0.25) is 5.02 Å². The van der Waals surface area contributed by atoms with Crippen molar-refractivity contribution in [3.8, 4) is 22.4 Å². The first-order chi connectivity index (χ1) is 18.9. The number of hydrogen-bond donors (Lipinski definition) is 1. The Kier molecular flexibility index (Phi) is 7.31. The van der Waals surface area contributed by atoms with Crippen molar-refractivity contribution in [2.45, 2.75) is 46.3 Å². The summed E-state index contributed by atoms with van der Waals surface area (Å²) in [5, 5.41) is 1.01. The molecule has 0 saturated carbocycles. The maximum Gasteiger partial charge on any atom is 0.410 e. The highest BCUT2D eigenvalue weighted by molar-refractivity contribution is 6.34. The molecule has 2 aromatic carbocycles. The molecule has 0 radical (unpaired) electrons. The highest BCUT2D eigenvalue weighted by Gasteiger charge is 2.32. The number of carbonyl (C=O) groups is 1. The van der Waals surface area contributed by atoms with E-state index in [1.807, 2.05) is 58.9 Å². The van der Waals surface area contributed by atoms with Gasteiger partial charge in [0.05, 0.1) is 21.8 Å². The molecule has 1 saturated heterocycles. The minimum atomic E-state index is -0.576. The first-order valence-corrected chi connectivity index (χ1v) is 13.7. The van der Waals surface area contributed by atoms with E-state index < -0.39 is 11.4 Å². The summed E-state index contributed by atoms with van der Waals surface area (Å²) in [4.78, 5) is 26.4. The lowest BCUT2D eigenvalue weighted by Crippen LogP contribution is -2.55. The second-order valence-corrected chi connectivity index (χ2v) is 11.6. The van der Waals surface area contributed by atoms with Crippen molar-refractivity contribution in [3.05, 3.63) is 71.0 Å². The molecule has 208 valence electrons. The topological polar surface area (TPSA) is 84.6 Å². The van der Waals surface area contributed by atoms with Crippen LogP contribution in [0.5, 0.6) is 0 Å². The lowest BCUT2D eigenvalue weighted by molar-refractivity contribution is 0.0218. The van der Waals surface area contributed by atoms with Crippen molar-refractivity contribution >= 4 is 40.2 Å². The molecule has 1 aliphatic heterocycles. The lowest BCUT2D eigenvalue weighted by Gasteiger charge is -2.41. The predicted molar refractivity (Wildman–Crippen MR) is 159 cm³/mol. The van der Waals surface area contributed by atoms with E-state index >= 15 is 0 Å². The predicted octanol–water partition coefficient (Wildman–Crippen LogP) is 7.09. The van der Waals surface area contributed by atoms with E-state index in [2.05, 4.69) is 4.90 Å². The number of carbonyl (C=O) groups excluding carboxylic acids is 1. The van der Waals surface area contributed by atoms with Gasteiger partial charge in [-0.15, -0.1) is 0 Å². The molecule has 40 heavy (non-hydrogen) atoms. The van der Waals surface area contributed by atoms with E-state index in [0.717, 1.165) is 11.1 Å². The molecule has 0 spiro atoms. The van der Waals surface area contributed by atoms with E-state index in [-0.39, 0.29) is 12.1 Å². The summed E-state index contributed by atoms with van der Waals surface area (Å²) in [5.41, 5.74) is 9.89. The van der Waals surface area contributed by atoms with Crippen molar-refractivity contribution in [1.82, 2.24) is 14.9 Å². The maximum atomic E-state index is 14.9. The quantitative estimate of drug-likeness (QED) is 0.287. The SMILES string of the molecule is Cc1ccccc1-c1c(N)nc(N2CCN(C(=O)OC(C)(C)C)C[C@@H]2C)c2cc(Cl)c(-c3ccccc3F)nc12. The number of benzene rings is 2. The molecular weight excluding hydrogens is 529 g/mol. The van der Waals surface area contributed by atoms with Gasteiger partial charge < -0.3 is 20.3 Å². The number of fused-ring (bicyclic) bond motifs is 1. The van der Waals surface area contributed by atoms with Gasteiger partial charge in [-0.2, -0.15) is 0 Å². The third-order valence-corrected chi connectivity index (χ3v) is 7.32. The van der Waals surface area contributed by atoms with Crippen LogP contribution >= 0.6 is 11.6 Å². The summed E-state index contributed by atoms with van der Waals surface area (Å²) in [6.07, 6.45) is -0.342. The Labute approximate surface area is 238 Å². The molecule has 5 rings (SSSR count). The Morgan fingerprint density at radius 1 is 1.07 bits per heavy atom. The third-order valence-electron chi connectivity index (χ3n) is 7.03. The maximum absolute atomic E-state index is 14.9. The van der Waals surface area contributed by atoms with Crippen LogP contribution < -0.4 is 10.6 Å². The minimum absolute atomic E-state index is 0.0919. The van der Waals surface area contributed by atoms with Crippen molar-refractivity contribution in [1.29, 1.82) is 0 Å². The fourth-order valence-electron chi connectivity index (χ4n) is 5.15. The zero-order chi connectivity index (χ0) is 28.8. The van der Waals surface area contributed by atoms with E-state index in [1.54, 1.807) is 29.2 Å². The molecular formula is C31H33ClFN5O2. The fraction of sp³-hybridized carbons (Fsp3) is 0.323. The van der Waals surface area contributed by atoms with Gasteiger partial charge in [-0.1, -0.05) is 48.0 Å². The molecule has 0 aliphatic carbocycles. The van der Waals surface area contributed by atoms with Crippen LogP contribution in [0.15, 0.2) is 54.6 Å². The average molecular weight is 562 g/mol. The summed E-state index contributed by atoms with van der Waals surface area (Å²) < 4.78 is 20.4. The van der Waals surface area contributed by atoms with Crippen LogP contribution in [0.3, 0.4) is 0 Å². The van der Waals surface area contributed by atoms with Crippen molar-refractivity contribution in [3.63, 3.8) is 0 Å². The monoisotopic (exact) mass is 561 g/mol. The summed E-state index contributed by atoms with van der Waals surface area (Å²) in [6.45, 7) is 11.0. The summed E-state index contributed by atoms with van der Waals surface area (Å²) in [7, 11) is 0. The number of amides is 1. The van der Waals surface area contributed by atoms with Crippen molar-refractivity contribution in [2.24, 2.45) is 0 Å². The summed E-state index contributed by atoms with van der Waals surface area (Å²) in [5.74, 6) is 0.520. The van der Waals surface area contributed by atoms with Gasteiger partial charge in [-0.05, 0) is 63.9 Å². The number of piperazine rings is 1. The largest absolute Gasteiger partial charge is 0.444 e. The Morgan fingerprint density at radius 2 is 1.75 bits per heavy atom. The lowest BCUT2D eigenvalue weighted by atomic mass is 9.97. The van der Waals surface area contributed by atoms with Crippen molar-refractivity contribution < 1.29 is 13.9 Å². The minimum Gasteiger partial charge on any atom is -0.444 e. The molecule has 9 heteroatoms. The average Bonchev–Trinajstić information content (AvgIpc) is 2.88.